The van der Waals surface area contributed by atoms with Gasteiger partial charge in [-0.15, -0.1) is 0 Å². The van der Waals surface area contributed by atoms with Crippen LogP contribution in [-0.2, 0) is 0 Å². The Bertz CT molecular complexity index is 976. The molecule has 2 aromatic rings. The summed E-state index contributed by atoms with van der Waals surface area (Å²) in [6, 6.07) is 10.6. The van der Waals surface area contributed by atoms with Gasteiger partial charge >= 0.3 is 0 Å². The van der Waals surface area contributed by atoms with E-state index in [4.69, 9.17) is 18.9 Å². The number of hydrogen-bond donors (Lipinski definition) is 0. The monoisotopic (exact) mass is 425 g/mol. The molecule has 0 aliphatic carbocycles. The van der Waals surface area contributed by atoms with Gasteiger partial charge in [0.2, 0.25) is 0 Å². The third-order valence-corrected chi connectivity index (χ3v) is 5.96. The average molecular weight is 425 g/mol. The van der Waals surface area contributed by atoms with Crippen molar-refractivity contribution in [3.63, 3.8) is 0 Å². The molecule has 1 saturated heterocycles. The highest BCUT2D eigenvalue weighted by Gasteiger charge is 2.45. The van der Waals surface area contributed by atoms with Crippen LogP contribution >= 0.6 is 0 Å². The van der Waals surface area contributed by atoms with E-state index < -0.39 is 5.60 Å². The topological polar surface area (TPSA) is 74.3 Å². The van der Waals surface area contributed by atoms with Crippen molar-refractivity contribution in [3.05, 3.63) is 47.5 Å². The van der Waals surface area contributed by atoms with Gasteiger partial charge in [-0.05, 0) is 31.2 Å². The zero-order chi connectivity index (χ0) is 22.0. The summed E-state index contributed by atoms with van der Waals surface area (Å²) < 4.78 is 22.5. The molecule has 1 fully saturated rings. The number of ether oxygens (including phenoxy) is 4. The van der Waals surface area contributed by atoms with Crippen molar-refractivity contribution in [1.29, 1.82) is 0 Å². The zero-order valence-corrected chi connectivity index (χ0v) is 18.1. The highest BCUT2D eigenvalue weighted by Crippen LogP contribution is 2.44. The van der Waals surface area contributed by atoms with Crippen LogP contribution in [0.2, 0.25) is 0 Å². The lowest BCUT2D eigenvalue weighted by atomic mass is 9.82. The molecule has 0 aromatic heterocycles. The molecule has 0 bridgehead atoms. The maximum Gasteiger partial charge on any atom is 0.253 e. The van der Waals surface area contributed by atoms with Gasteiger partial charge in [-0.2, -0.15) is 0 Å². The molecule has 0 N–H and O–H groups in total. The van der Waals surface area contributed by atoms with Crippen molar-refractivity contribution < 1.29 is 28.5 Å². The summed E-state index contributed by atoms with van der Waals surface area (Å²) in [6.45, 7) is 3.55. The number of Topliss-reactive ketones (excluding diaryl/α,β-unsaturated/α-hetero) is 1. The van der Waals surface area contributed by atoms with Crippen molar-refractivity contribution in [2.45, 2.75) is 31.8 Å². The second-order valence-corrected chi connectivity index (χ2v) is 7.84. The number of hydrogen-bond acceptors (Lipinski definition) is 6. The number of methoxy groups -OCH3 is 2. The van der Waals surface area contributed by atoms with Crippen molar-refractivity contribution in [3.8, 4) is 23.0 Å². The molecule has 31 heavy (non-hydrogen) atoms. The maximum atomic E-state index is 13.0. The van der Waals surface area contributed by atoms with Crippen molar-refractivity contribution in [2.75, 3.05) is 33.9 Å². The van der Waals surface area contributed by atoms with Crippen LogP contribution in [0.5, 0.6) is 23.0 Å². The van der Waals surface area contributed by atoms with Crippen LogP contribution in [0.4, 0.5) is 0 Å². The molecule has 164 valence electrons. The maximum absolute atomic E-state index is 13.0. The molecule has 2 heterocycles. The Morgan fingerprint density at radius 2 is 1.77 bits per heavy atom. The SMILES string of the molecule is CCOc1ccc(C(=O)N2CCC3(CC2)CC(=O)c2c(OC)cc(OC)cc2O3)cc1. The molecule has 2 aliphatic rings. The van der Waals surface area contributed by atoms with Gasteiger partial charge in [0.1, 0.15) is 34.2 Å². The number of rotatable bonds is 5. The molecule has 0 saturated carbocycles. The van der Waals surface area contributed by atoms with E-state index in [1.54, 1.807) is 31.4 Å². The third kappa shape index (κ3) is 4.04. The summed E-state index contributed by atoms with van der Waals surface area (Å²) in [5, 5.41) is 0. The Hall–Kier alpha value is -3.22. The lowest BCUT2D eigenvalue weighted by molar-refractivity contribution is -0.00610. The van der Waals surface area contributed by atoms with Crippen LogP contribution in [0.25, 0.3) is 0 Å². The van der Waals surface area contributed by atoms with Crippen molar-refractivity contribution >= 4 is 11.7 Å². The summed E-state index contributed by atoms with van der Waals surface area (Å²) in [7, 11) is 3.09. The van der Waals surface area contributed by atoms with Gasteiger partial charge in [-0.3, -0.25) is 9.59 Å². The van der Waals surface area contributed by atoms with Crippen LogP contribution in [0.15, 0.2) is 36.4 Å². The first-order valence-corrected chi connectivity index (χ1v) is 10.5. The number of nitrogens with zero attached hydrogens (tertiary/aromatic N) is 1. The van der Waals surface area contributed by atoms with Gasteiger partial charge in [0.05, 0.1) is 27.2 Å². The zero-order valence-electron chi connectivity index (χ0n) is 18.1. The van der Waals surface area contributed by atoms with E-state index in [1.165, 1.54) is 7.11 Å². The number of ketones is 1. The Balaban J connectivity index is 1.48. The third-order valence-electron chi connectivity index (χ3n) is 5.96. The summed E-state index contributed by atoms with van der Waals surface area (Å²) in [6.07, 6.45) is 1.44. The number of carbonyl (C=O) groups is 2. The first-order valence-electron chi connectivity index (χ1n) is 10.5. The minimum atomic E-state index is -0.614. The molecule has 7 heteroatoms. The molecule has 0 radical (unpaired) electrons. The Kier molecular flexibility index (Phi) is 5.76. The van der Waals surface area contributed by atoms with Gasteiger partial charge in [-0.1, -0.05) is 0 Å². The molecule has 7 nitrogen and oxygen atoms in total. The van der Waals surface area contributed by atoms with Gasteiger partial charge in [0, 0.05) is 43.6 Å². The normalized spacial score (nSPS) is 17.0. The van der Waals surface area contributed by atoms with E-state index in [1.807, 2.05) is 24.0 Å². The molecule has 0 atom stereocenters. The molecular weight excluding hydrogens is 398 g/mol. The largest absolute Gasteiger partial charge is 0.496 e. The van der Waals surface area contributed by atoms with Gasteiger partial charge in [0.25, 0.3) is 5.91 Å². The van der Waals surface area contributed by atoms with Crippen LogP contribution in [-0.4, -0.2) is 56.1 Å². The van der Waals surface area contributed by atoms with Gasteiger partial charge in [0.15, 0.2) is 5.78 Å². The molecule has 2 aromatic carbocycles. The standard InChI is InChI=1S/C24H27NO6/c1-4-30-17-7-5-16(6-8-17)23(27)25-11-9-24(10-12-25)15-19(26)22-20(29-3)13-18(28-2)14-21(22)31-24/h5-8,13-14H,4,9-12,15H2,1-3H3. The van der Waals surface area contributed by atoms with Crippen molar-refractivity contribution in [2.24, 2.45) is 0 Å². The molecule has 4 rings (SSSR count). The van der Waals surface area contributed by atoms with E-state index in [0.29, 0.717) is 60.9 Å². The molecule has 1 amide bonds. The fourth-order valence-corrected chi connectivity index (χ4v) is 4.29. The average Bonchev–Trinajstić information content (AvgIpc) is 2.79. The molecule has 2 aliphatic heterocycles. The summed E-state index contributed by atoms with van der Waals surface area (Å²) in [5.41, 5.74) is 0.471. The van der Waals surface area contributed by atoms with Crippen molar-refractivity contribution in [1.82, 2.24) is 4.90 Å². The minimum absolute atomic E-state index is 0.00737. The number of piperidine rings is 1. The first-order chi connectivity index (χ1) is 15.0. The number of carbonyl (C=O) groups excluding carboxylic acids is 2. The van der Waals surface area contributed by atoms with Gasteiger partial charge in [-0.25, -0.2) is 0 Å². The smallest absolute Gasteiger partial charge is 0.253 e. The number of amides is 1. The van der Waals surface area contributed by atoms with Crippen LogP contribution in [0, 0.1) is 0 Å². The van der Waals surface area contributed by atoms with Gasteiger partial charge < -0.3 is 23.8 Å². The minimum Gasteiger partial charge on any atom is -0.496 e. The summed E-state index contributed by atoms with van der Waals surface area (Å²) >= 11 is 0. The van der Waals surface area contributed by atoms with E-state index >= 15 is 0 Å². The first kappa shape index (κ1) is 21.0. The number of likely N-dealkylation sites (tertiary alicyclic amines) is 1. The molecule has 0 unspecified atom stereocenters. The highest BCUT2D eigenvalue weighted by atomic mass is 16.5. The molecule has 1 spiro atoms. The lowest BCUT2D eigenvalue weighted by Crippen LogP contribution is -2.52. The predicted molar refractivity (Wildman–Crippen MR) is 115 cm³/mol. The molecular formula is C24H27NO6. The summed E-state index contributed by atoms with van der Waals surface area (Å²) in [4.78, 5) is 27.7. The van der Waals surface area contributed by atoms with E-state index in [0.717, 1.165) is 5.75 Å². The summed E-state index contributed by atoms with van der Waals surface area (Å²) in [5.74, 6) is 2.23. The lowest BCUT2D eigenvalue weighted by Gasteiger charge is -2.44. The Labute approximate surface area is 181 Å². The van der Waals surface area contributed by atoms with E-state index in [-0.39, 0.29) is 18.1 Å². The number of benzene rings is 2. The van der Waals surface area contributed by atoms with E-state index in [2.05, 4.69) is 0 Å². The highest BCUT2D eigenvalue weighted by molar-refractivity contribution is 6.03. The Morgan fingerprint density at radius 3 is 2.39 bits per heavy atom. The van der Waals surface area contributed by atoms with Crippen LogP contribution in [0.3, 0.4) is 0 Å². The predicted octanol–water partition coefficient (Wildman–Crippen LogP) is 3.74. The second kappa shape index (κ2) is 8.49. The van der Waals surface area contributed by atoms with Crippen LogP contribution in [0.1, 0.15) is 46.9 Å². The number of fused-ring (bicyclic) bond motifs is 1. The quantitative estimate of drug-likeness (QED) is 0.727. The van der Waals surface area contributed by atoms with E-state index in [9.17, 15) is 9.59 Å². The fraction of sp³-hybridized carbons (Fsp3) is 0.417. The van der Waals surface area contributed by atoms with Crippen LogP contribution < -0.4 is 18.9 Å². The Morgan fingerprint density at radius 1 is 1.06 bits per heavy atom. The fourth-order valence-electron chi connectivity index (χ4n) is 4.29. The second-order valence-electron chi connectivity index (χ2n) is 7.84.